The molecule has 2 rings (SSSR count). The van der Waals surface area contributed by atoms with Gasteiger partial charge in [0.05, 0.1) is 0 Å². The molecule has 0 fully saturated rings. The molecule has 0 amide bonds. The van der Waals surface area contributed by atoms with Crippen LogP contribution in [0.5, 0.6) is 17.2 Å². The molecular weight excluding hydrogens is 464 g/mol. The van der Waals surface area contributed by atoms with E-state index in [-0.39, 0.29) is 26.4 Å². The summed E-state index contributed by atoms with van der Waals surface area (Å²) in [6, 6.07) is 12.2. The molecular formula is C28H30O8. The van der Waals surface area contributed by atoms with Gasteiger partial charge in [-0.15, -0.1) is 0 Å². The molecule has 0 bridgehead atoms. The van der Waals surface area contributed by atoms with Gasteiger partial charge in [-0.05, 0) is 56.2 Å². The maximum Gasteiger partial charge on any atom is 0.338 e. The lowest BCUT2D eigenvalue weighted by Gasteiger charge is -2.13. The second-order valence-corrected chi connectivity index (χ2v) is 7.92. The van der Waals surface area contributed by atoms with Crippen molar-refractivity contribution in [3.05, 3.63) is 78.9 Å². The molecule has 2 aromatic carbocycles. The molecule has 0 N–H and O–H groups in total. The van der Waals surface area contributed by atoms with Crippen molar-refractivity contribution in [1.82, 2.24) is 0 Å². The Morgan fingerprint density at radius 3 is 1.44 bits per heavy atom. The normalized spacial score (nSPS) is 10.1. The minimum atomic E-state index is -0.506. The Hall–Kier alpha value is -4.33. The van der Waals surface area contributed by atoms with E-state index in [1.165, 1.54) is 0 Å². The SMILES string of the molecule is C=C(C)C(=O)OCCOc1cc(OCCOC(=O)C(=C)C)cc(-c2ccc(OC(=O)C(=C)C)cc2)c1. The van der Waals surface area contributed by atoms with Crippen molar-refractivity contribution >= 4 is 17.9 Å². The average Bonchev–Trinajstić information content (AvgIpc) is 2.84. The second-order valence-electron chi connectivity index (χ2n) is 7.92. The molecule has 0 spiro atoms. The van der Waals surface area contributed by atoms with Crippen LogP contribution in [-0.4, -0.2) is 44.3 Å². The van der Waals surface area contributed by atoms with E-state index in [0.29, 0.717) is 34.0 Å². The van der Waals surface area contributed by atoms with E-state index in [4.69, 9.17) is 23.7 Å². The lowest BCUT2D eigenvalue weighted by atomic mass is 10.0. The minimum absolute atomic E-state index is 0.0474. The van der Waals surface area contributed by atoms with Gasteiger partial charge in [0.1, 0.15) is 43.7 Å². The zero-order valence-electron chi connectivity index (χ0n) is 20.8. The molecule has 0 radical (unpaired) electrons. The number of hydrogen-bond acceptors (Lipinski definition) is 8. The maximum absolute atomic E-state index is 11.7. The van der Waals surface area contributed by atoms with Crippen molar-refractivity contribution in [3.8, 4) is 28.4 Å². The Labute approximate surface area is 210 Å². The van der Waals surface area contributed by atoms with Crippen molar-refractivity contribution in [3.63, 3.8) is 0 Å². The highest BCUT2D eigenvalue weighted by molar-refractivity contribution is 5.89. The summed E-state index contributed by atoms with van der Waals surface area (Å²) in [5, 5.41) is 0. The van der Waals surface area contributed by atoms with E-state index >= 15 is 0 Å². The van der Waals surface area contributed by atoms with E-state index in [2.05, 4.69) is 19.7 Å². The van der Waals surface area contributed by atoms with E-state index in [0.717, 1.165) is 11.1 Å². The Balaban J connectivity index is 2.15. The molecule has 0 atom stereocenters. The number of carbonyl (C=O) groups is 3. The van der Waals surface area contributed by atoms with Crippen LogP contribution >= 0.6 is 0 Å². The molecule has 36 heavy (non-hydrogen) atoms. The van der Waals surface area contributed by atoms with Crippen LogP contribution in [0.2, 0.25) is 0 Å². The first-order valence-corrected chi connectivity index (χ1v) is 11.1. The highest BCUT2D eigenvalue weighted by atomic mass is 16.6. The molecule has 0 saturated heterocycles. The van der Waals surface area contributed by atoms with Crippen LogP contribution in [0.3, 0.4) is 0 Å². The first-order chi connectivity index (χ1) is 17.1. The number of esters is 3. The fourth-order valence-electron chi connectivity index (χ4n) is 2.65. The van der Waals surface area contributed by atoms with E-state index in [9.17, 15) is 14.4 Å². The topological polar surface area (TPSA) is 97.4 Å². The van der Waals surface area contributed by atoms with Crippen molar-refractivity contribution in [1.29, 1.82) is 0 Å². The zero-order valence-corrected chi connectivity index (χ0v) is 20.8. The van der Waals surface area contributed by atoms with Gasteiger partial charge in [-0.2, -0.15) is 0 Å². The summed E-state index contributed by atoms with van der Waals surface area (Å²) in [7, 11) is 0. The standard InChI is InChI=1S/C28H30O8/c1-18(2)26(29)34-13-11-32-24-15-22(16-25(17-24)33-12-14-35-27(30)19(3)4)21-7-9-23(10-8-21)36-28(31)20(5)6/h7-10,15-17H,1,3,5,11-14H2,2,4,6H3. The summed E-state index contributed by atoms with van der Waals surface area (Å²) >= 11 is 0. The van der Waals surface area contributed by atoms with Crippen molar-refractivity contribution in [2.75, 3.05) is 26.4 Å². The van der Waals surface area contributed by atoms with Crippen LogP contribution in [0, 0.1) is 0 Å². The monoisotopic (exact) mass is 494 g/mol. The van der Waals surface area contributed by atoms with Crippen LogP contribution in [0.4, 0.5) is 0 Å². The molecule has 0 aliphatic carbocycles. The highest BCUT2D eigenvalue weighted by Gasteiger charge is 2.10. The maximum atomic E-state index is 11.7. The van der Waals surface area contributed by atoms with Gasteiger partial charge in [0.2, 0.25) is 0 Å². The summed E-state index contributed by atoms with van der Waals surface area (Å²) in [5.41, 5.74) is 2.48. The van der Waals surface area contributed by atoms with Crippen LogP contribution < -0.4 is 14.2 Å². The van der Waals surface area contributed by atoms with Crippen LogP contribution in [0.1, 0.15) is 20.8 Å². The van der Waals surface area contributed by atoms with Gasteiger partial charge in [0.25, 0.3) is 0 Å². The third kappa shape index (κ3) is 9.13. The molecule has 0 saturated carbocycles. The number of rotatable bonds is 13. The minimum Gasteiger partial charge on any atom is -0.490 e. The number of benzene rings is 2. The van der Waals surface area contributed by atoms with Crippen LogP contribution in [0.15, 0.2) is 78.9 Å². The van der Waals surface area contributed by atoms with Gasteiger partial charge in [-0.3, -0.25) is 0 Å². The summed E-state index contributed by atoms with van der Waals surface area (Å²) < 4.78 is 26.9. The Bertz CT molecular complexity index is 1090. The molecule has 2 aromatic rings. The van der Waals surface area contributed by atoms with Crippen LogP contribution in [0.25, 0.3) is 11.1 Å². The van der Waals surface area contributed by atoms with Gasteiger partial charge in [-0.25, -0.2) is 14.4 Å². The van der Waals surface area contributed by atoms with Gasteiger partial charge in [0, 0.05) is 22.8 Å². The number of ether oxygens (including phenoxy) is 5. The van der Waals surface area contributed by atoms with E-state index < -0.39 is 17.9 Å². The van der Waals surface area contributed by atoms with Gasteiger partial charge in [-0.1, -0.05) is 31.9 Å². The van der Waals surface area contributed by atoms with Gasteiger partial charge in [0.15, 0.2) is 0 Å². The Morgan fingerprint density at radius 2 is 1.03 bits per heavy atom. The smallest absolute Gasteiger partial charge is 0.338 e. The lowest BCUT2D eigenvalue weighted by Crippen LogP contribution is -2.13. The van der Waals surface area contributed by atoms with Gasteiger partial charge < -0.3 is 23.7 Å². The summed E-state index contributed by atoms with van der Waals surface area (Å²) in [4.78, 5) is 34.8. The predicted molar refractivity (Wildman–Crippen MR) is 135 cm³/mol. The highest BCUT2D eigenvalue weighted by Crippen LogP contribution is 2.31. The first-order valence-electron chi connectivity index (χ1n) is 11.1. The Kier molecular flexibility index (Phi) is 10.5. The number of hydrogen-bond donors (Lipinski definition) is 0. The third-order valence-electron chi connectivity index (χ3n) is 4.49. The summed E-state index contributed by atoms with van der Waals surface area (Å²) in [6.45, 7) is 15.7. The van der Waals surface area contributed by atoms with E-state index in [1.54, 1.807) is 63.2 Å². The van der Waals surface area contributed by atoms with Crippen molar-refractivity contribution in [2.45, 2.75) is 20.8 Å². The average molecular weight is 495 g/mol. The predicted octanol–water partition coefficient (Wildman–Crippen LogP) is 4.83. The lowest BCUT2D eigenvalue weighted by molar-refractivity contribution is -0.140. The quantitative estimate of drug-likeness (QED) is 0.169. The van der Waals surface area contributed by atoms with Crippen molar-refractivity contribution in [2.24, 2.45) is 0 Å². The summed E-state index contributed by atoms with van der Waals surface area (Å²) in [5.74, 6) is -0.153. The molecule has 8 nitrogen and oxygen atoms in total. The first kappa shape index (κ1) is 27.9. The third-order valence-corrected chi connectivity index (χ3v) is 4.49. The summed E-state index contributed by atoms with van der Waals surface area (Å²) in [6.07, 6.45) is 0. The van der Waals surface area contributed by atoms with Crippen LogP contribution in [-0.2, 0) is 23.9 Å². The molecule has 8 heteroatoms. The fraction of sp³-hybridized carbons (Fsp3) is 0.250. The number of carbonyl (C=O) groups excluding carboxylic acids is 3. The molecule has 0 aromatic heterocycles. The van der Waals surface area contributed by atoms with E-state index in [1.807, 2.05) is 0 Å². The van der Waals surface area contributed by atoms with Gasteiger partial charge >= 0.3 is 17.9 Å². The van der Waals surface area contributed by atoms with Crippen molar-refractivity contribution < 1.29 is 38.1 Å². The largest absolute Gasteiger partial charge is 0.490 e. The molecule has 190 valence electrons. The Morgan fingerprint density at radius 1 is 0.583 bits per heavy atom. The molecule has 0 unspecified atom stereocenters. The molecule has 0 heterocycles. The molecule has 0 aliphatic rings. The molecule has 0 aliphatic heterocycles. The fourth-order valence-corrected chi connectivity index (χ4v) is 2.65. The zero-order chi connectivity index (χ0) is 26.7. The second kappa shape index (κ2) is 13.5.